The molecule has 4 nitrogen and oxygen atoms in total. The number of nitrogens with one attached hydrogen (secondary N) is 1. The maximum atomic E-state index is 5.25. The number of aliphatic imine (C=N–C) groups is 1. The molecule has 1 atom stereocenters. The van der Waals surface area contributed by atoms with E-state index in [-0.39, 0.29) is 18.1 Å². The first-order valence-corrected chi connectivity index (χ1v) is 16.3. The first-order chi connectivity index (χ1) is 23.6. The summed E-state index contributed by atoms with van der Waals surface area (Å²) in [5.41, 5.74) is 8.27. The van der Waals surface area contributed by atoms with E-state index in [1.165, 1.54) is 27.8 Å². The molecule has 0 bridgehead atoms. The van der Waals surface area contributed by atoms with Gasteiger partial charge in [-0.3, -0.25) is 10.3 Å². The molecule has 0 fully saturated rings. The van der Waals surface area contributed by atoms with Crippen LogP contribution in [0.25, 0.3) is 0 Å². The standard InChI is InChI=1S/C22H23NO.C22H21NO/c2*1-17(18-13-15-21(24-2)16-14-18)23-22(19-9-5-3-6-10-19)20-11-7-4-8-12-20/h3-17,22-23H,1-2H3;3-16,22H,1-2H3/t17-;/m1./s1. The van der Waals surface area contributed by atoms with Crippen LogP contribution in [0.1, 0.15) is 65.4 Å². The van der Waals surface area contributed by atoms with Crippen molar-refractivity contribution >= 4 is 5.71 Å². The number of ether oxygens (including phenoxy) is 2. The molecule has 1 N–H and O–H groups in total. The lowest BCUT2D eigenvalue weighted by atomic mass is 9.96. The van der Waals surface area contributed by atoms with Gasteiger partial charge in [0.25, 0.3) is 0 Å². The van der Waals surface area contributed by atoms with Crippen molar-refractivity contribution in [3.05, 3.63) is 203 Å². The molecular weight excluding hydrogens is 588 g/mol. The van der Waals surface area contributed by atoms with Crippen LogP contribution in [0.3, 0.4) is 0 Å². The fourth-order valence-electron chi connectivity index (χ4n) is 5.63. The third kappa shape index (κ3) is 9.31. The fraction of sp³-hybridized carbons (Fsp3) is 0.159. The van der Waals surface area contributed by atoms with Gasteiger partial charge in [0.2, 0.25) is 0 Å². The lowest BCUT2D eigenvalue weighted by Crippen LogP contribution is -2.25. The minimum Gasteiger partial charge on any atom is -0.497 e. The zero-order chi connectivity index (χ0) is 33.6. The largest absolute Gasteiger partial charge is 0.497 e. The smallest absolute Gasteiger partial charge is 0.118 e. The first kappa shape index (κ1) is 33.9. The van der Waals surface area contributed by atoms with Crippen molar-refractivity contribution in [2.75, 3.05) is 14.2 Å². The van der Waals surface area contributed by atoms with E-state index in [4.69, 9.17) is 14.5 Å². The van der Waals surface area contributed by atoms with Crippen molar-refractivity contribution < 1.29 is 9.47 Å². The summed E-state index contributed by atoms with van der Waals surface area (Å²) in [6.45, 7) is 4.25. The average molecular weight is 633 g/mol. The van der Waals surface area contributed by atoms with Crippen LogP contribution >= 0.6 is 0 Å². The Morgan fingerprint density at radius 3 is 1.25 bits per heavy atom. The molecule has 0 heterocycles. The Kier molecular flexibility index (Phi) is 12.3. The normalized spacial score (nSPS) is 11.8. The number of methoxy groups -OCH3 is 2. The SMILES string of the molecule is COc1ccc(C(C)=NC(c2ccccc2)c2ccccc2)cc1.COc1ccc([C@@H](C)NC(c2ccccc2)c2ccccc2)cc1. The van der Waals surface area contributed by atoms with Crippen LogP contribution in [-0.4, -0.2) is 19.9 Å². The monoisotopic (exact) mass is 632 g/mol. The summed E-state index contributed by atoms with van der Waals surface area (Å²) in [6.07, 6.45) is 0. The molecule has 48 heavy (non-hydrogen) atoms. The highest BCUT2D eigenvalue weighted by Crippen LogP contribution is 2.28. The predicted molar refractivity (Wildman–Crippen MR) is 199 cm³/mol. The van der Waals surface area contributed by atoms with E-state index in [9.17, 15) is 0 Å². The zero-order valence-corrected chi connectivity index (χ0v) is 28.2. The van der Waals surface area contributed by atoms with Crippen LogP contribution in [0.2, 0.25) is 0 Å². The van der Waals surface area contributed by atoms with Crippen molar-refractivity contribution in [1.29, 1.82) is 0 Å². The van der Waals surface area contributed by atoms with Gasteiger partial charge in [-0.05, 0) is 83.6 Å². The van der Waals surface area contributed by atoms with Gasteiger partial charge in [-0.1, -0.05) is 133 Å². The van der Waals surface area contributed by atoms with Crippen molar-refractivity contribution in [3.63, 3.8) is 0 Å². The molecule has 6 aromatic rings. The van der Waals surface area contributed by atoms with E-state index in [0.717, 1.165) is 22.8 Å². The van der Waals surface area contributed by atoms with Crippen molar-refractivity contribution in [2.45, 2.75) is 32.0 Å². The molecule has 0 saturated carbocycles. The van der Waals surface area contributed by atoms with Crippen LogP contribution in [0.15, 0.2) is 175 Å². The Bertz CT molecular complexity index is 1730. The summed E-state index contributed by atoms with van der Waals surface area (Å²) in [6, 6.07) is 58.6. The third-order valence-corrected chi connectivity index (χ3v) is 8.36. The van der Waals surface area contributed by atoms with Gasteiger partial charge in [-0.25, -0.2) is 0 Å². The summed E-state index contributed by atoms with van der Waals surface area (Å²) in [7, 11) is 3.37. The first-order valence-electron chi connectivity index (χ1n) is 16.3. The molecule has 0 aliphatic heterocycles. The average Bonchev–Trinajstić information content (AvgIpc) is 3.17. The van der Waals surface area contributed by atoms with Crippen LogP contribution in [0.5, 0.6) is 11.5 Å². The van der Waals surface area contributed by atoms with Gasteiger partial charge in [0, 0.05) is 11.8 Å². The minimum atomic E-state index is -0.00509. The van der Waals surface area contributed by atoms with E-state index in [2.05, 4.69) is 140 Å². The third-order valence-electron chi connectivity index (χ3n) is 8.36. The molecular formula is C44H44N2O2. The molecule has 0 unspecified atom stereocenters. The van der Waals surface area contributed by atoms with Crippen LogP contribution in [0.4, 0.5) is 0 Å². The highest BCUT2D eigenvalue weighted by molar-refractivity contribution is 5.99. The van der Waals surface area contributed by atoms with Gasteiger partial charge in [-0.2, -0.15) is 0 Å². The van der Waals surface area contributed by atoms with Gasteiger partial charge >= 0.3 is 0 Å². The van der Waals surface area contributed by atoms with Crippen LogP contribution < -0.4 is 14.8 Å². The number of hydrogen-bond acceptors (Lipinski definition) is 4. The lowest BCUT2D eigenvalue weighted by molar-refractivity contribution is 0.414. The maximum absolute atomic E-state index is 5.25. The molecule has 0 saturated heterocycles. The molecule has 0 aromatic heterocycles. The summed E-state index contributed by atoms with van der Waals surface area (Å²) >= 11 is 0. The molecule has 6 aromatic carbocycles. The fourth-order valence-corrected chi connectivity index (χ4v) is 5.63. The van der Waals surface area contributed by atoms with Crippen molar-refractivity contribution in [1.82, 2.24) is 5.32 Å². The highest BCUT2D eigenvalue weighted by Gasteiger charge is 2.17. The summed E-state index contributed by atoms with van der Waals surface area (Å²) in [4.78, 5) is 5.02. The number of hydrogen-bond donors (Lipinski definition) is 1. The summed E-state index contributed by atoms with van der Waals surface area (Å²) in [5, 5.41) is 3.76. The minimum absolute atomic E-state index is 0.00509. The second kappa shape index (κ2) is 17.5. The number of rotatable bonds is 11. The second-order valence-corrected chi connectivity index (χ2v) is 11.6. The van der Waals surface area contributed by atoms with E-state index in [1.807, 2.05) is 48.5 Å². The second-order valence-electron chi connectivity index (χ2n) is 11.6. The Morgan fingerprint density at radius 2 is 0.854 bits per heavy atom. The Labute approximate surface area is 285 Å². The Morgan fingerprint density at radius 1 is 0.479 bits per heavy atom. The molecule has 0 radical (unpaired) electrons. The number of benzene rings is 6. The zero-order valence-electron chi connectivity index (χ0n) is 28.2. The van der Waals surface area contributed by atoms with Gasteiger partial charge < -0.3 is 9.47 Å². The molecule has 4 heteroatoms. The van der Waals surface area contributed by atoms with E-state index >= 15 is 0 Å². The maximum Gasteiger partial charge on any atom is 0.118 e. The van der Waals surface area contributed by atoms with Gasteiger partial charge in [-0.15, -0.1) is 0 Å². The molecule has 0 spiro atoms. The Balaban J connectivity index is 0.000000188. The van der Waals surface area contributed by atoms with Crippen LogP contribution in [0, 0.1) is 0 Å². The molecule has 242 valence electrons. The van der Waals surface area contributed by atoms with Gasteiger partial charge in [0.15, 0.2) is 0 Å². The lowest BCUT2D eigenvalue weighted by Gasteiger charge is -2.25. The van der Waals surface area contributed by atoms with Gasteiger partial charge in [0.05, 0.1) is 20.3 Å². The van der Waals surface area contributed by atoms with Gasteiger partial charge in [0.1, 0.15) is 17.5 Å². The molecule has 0 aliphatic rings. The van der Waals surface area contributed by atoms with E-state index in [0.29, 0.717) is 0 Å². The van der Waals surface area contributed by atoms with E-state index < -0.39 is 0 Å². The van der Waals surface area contributed by atoms with Crippen molar-refractivity contribution in [2.24, 2.45) is 4.99 Å². The highest BCUT2D eigenvalue weighted by atomic mass is 16.5. The van der Waals surface area contributed by atoms with E-state index in [1.54, 1.807) is 14.2 Å². The molecule has 0 amide bonds. The molecule has 0 aliphatic carbocycles. The Hall–Kier alpha value is -5.45. The van der Waals surface area contributed by atoms with Crippen molar-refractivity contribution in [3.8, 4) is 11.5 Å². The number of nitrogens with zero attached hydrogens (tertiary/aromatic N) is 1. The van der Waals surface area contributed by atoms with Crippen LogP contribution in [-0.2, 0) is 0 Å². The summed E-state index contributed by atoms with van der Waals surface area (Å²) < 4.78 is 10.5. The summed E-state index contributed by atoms with van der Waals surface area (Å²) in [5.74, 6) is 1.74. The topological polar surface area (TPSA) is 42.9 Å². The quantitative estimate of drug-likeness (QED) is 0.145. The predicted octanol–water partition coefficient (Wildman–Crippen LogP) is 10.4. The molecule has 6 rings (SSSR count).